The minimum absolute atomic E-state index is 0.0549. The number of nitrogens with one attached hydrogen (secondary N) is 1. The van der Waals surface area contributed by atoms with Crippen LogP contribution in [0.15, 0.2) is 18.3 Å². The van der Waals surface area contributed by atoms with E-state index < -0.39 is 10.0 Å². The number of aromatic nitrogens is 1. The van der Waals surface area contributed by atoms with Crippen LogP contribution in [-0.4, -0.2) is 38.3 Å². The SMILES string of the molecule is CCS(=O)(=O)NC1CCN(c2c(C#N)cnc3c(C)cc(F)cc23)CC1. The number of benzene rings is 1. The number of hydrogen-bond acceptors (Lipinski definition) is 5. The minimum Gasteiger partial charge on any atom is -0.370 e. The number of aryl methyl sites for hydroxylation is 1. The molecule has 0 spiro atoms. The second kappa shape index (κ2) is 7.17. The number of nitrogens with zero attached hydrogens (tertiary/aromatic N) is 3. The molecule has 0 radical (unpaired) electrons. The normalized spacial score (nSPS) is 16.0. The molecule has 138 valence electrons. The lowest BCUT2D eigenvalue weighted by atomic mass is 10.0. The van der Waals surface area contributed by atoms with Gasteiger partial charge in [-0.2, -0.15) is 5.26 Å². The Morgan fingerprint density at radius 2 is 2.08 bits per heavy atom. The Bertz CT molecular complexity index is 977. The number of halogens is 1. The van der Waals surface area contributed by atoms with Crippen molar-refractivity contribution >= 4 is 26.6 Å². The van der Waals surface area contributed by atoms with Crippen LogP contribution < -0.4 is 9.62 Å². The van der Waals surface area contributed by atoms with Gasteiger partial charge in [0.1, 0.15) is 11.9 Å². The number of anilines is 1. The standard InChI is InChI=1S/C18H21FN4O2S/c1-3-26(24,25)22-15-4-6-23(7-5-15)18-13(10-20)11-21-17-12(2)8-14(19)9-16(17)18/h8-9,11,15,22H,3-7H2,1-2H3. The topological polar surface area (TPSA) is 86.1 Å². The first-order chi connectivity index (χ1) is 12.3. The molecule has 0 saturated carbocycles. The van der Waals surface area contributed by atoms with Gasteiger partial charge in [-0.3, -0.25) is 4.98 Å². The fourth-order valence-corrected chi connectivity index (χ4v) is 4.31. The van der Waals surface area contributed by atoms with E-state index in [9.17, 15) is 18.1 Å². The lowest BCUT2D eigenvalue weighted by molar-refractivity contribution is 0.460. The predicted octanol–water partition coefficient (Wildman–Crippen LogP) is 2.46. The third-order valence-electron chi connectivity index (χ3n) is 4.76. The molecule has 8 heteroatoms. The van der Waals surface area contributed by atoms with E-state index in [1.807, 2.05) is 4.90 Å². The van der Waals surface area contributed by atoms with Crippen molar-refractivity contribution in [3.63, 3.8) is 0 Å². The summed E-state index contributed by atoms with van der Waals surface area (Å²) in [5, 5.41) is 10.1. The van der Waals surface area contributed by atoms with Crippen molar-refractivity contribution in [1.82, 2.24) is 9.71 Å². The van der Waals surface area contributed by atoms with Gasteiger partial charge in [-0.15, -0.1) is 0 Å². The van der Waals surface area contributed by atoms with Gasteiger partial charge in [0.05, 0.1) is 22.5 Å². The Kier molecular flexibility index (Phi) is 5.12. The van der Waals surface area contributed by atoms with Crippen molar-refractivity contribution in [2.24, 2.45) is 0 Å². The van der Waals surface area contributed by atoms with Crippen molar-refractivity contribution in [1.29, 1.82) is 5.26 Å². The van der Waals surface area contributed by atoms with Crippen LogP contribution in [0.4, 0.5) is 10.1 Å². The quantitative estimate of drug-likeness (QED) is 0.886. The molecule has 1 aliphatic rings. The number of nitriles is 1. The van der Waals surface area contributed by atoms with Crippen molar-refractivity contribution in [2.75, 3.05) is 23.7 Å². The van der Waals surface area contributed by atoms with Gasteiger partial charge in [-0.25, -0.2) is 17.5 Å². The molecule has 0 unspecified atom stereocenters. The molecule has 3 rings (SSSR count). The summed E-state index contributed by atoms with van der Waals surface area (Å²) in [7, 11) is -3.24. The molecule has 1 aromatic carbocycles. The summed E-state index contributed by atoms with van der Waals surface area (Å²) in [5.41, 5.74) is 2.47. The molecule has 2 aromatic rings. The first kappa shape index (κ1) is 18.5. The van der Waals surface area contributed by atoms with Crippen LogP contribution in [0.25, 0.3) is 10.9 Å². The van der Waals surface area contributed by atoms with E-state index in [0.29, 0.717) is 48.1 Å². The van der Waals surface area contributed by atoms with Crippen molar-refractivity contribution < 1.29 is 12.8 Å². The Labute approximate surface area is 152 Å². The Hall–Kier alpha value is -2.24. The summed E-state index contributed by atoms with van der Waals surface area (Å²) in [6.07, 6.45) is 2.78. The molecule has 1 aromatic heterocycles. The van der Waals surface area contributed by atoms with E-state index in [0.717, 1.165) is 5.56 Å². The second-order valence-corrected chi connectivity index (χ2v) is 8.58. The number of rotatable bonds is 4. The highest BCUT2D eigenvalue weighted by Crippen LogP contribution is 2.33. The summed E-state index contributed by atoms with van der Waals surface area (Å²) >= 11 is 0. The highest BCUT2D eigenvalue weighted by molar-refractivity contribution is 7.89. The lowest BCUT2D eigenvalue weighted by Crippen LogP contribution is -2.45. The van der Waals surface area contributed by atoms with E-state index >= 15 is 0 Å². The van der Waals surface area contributed by atoms with Crippen LogP contribution >= 0.6 is 0 Å². The van der Waals surface area contributed by atoms with Crippen LogP contribution in [0.3, 0.4) is 0 Å². The smallest absolute Gasteiger partial charge is 0.211 e. The summed E-state index contributed by atoms with van der Waals surface area (Å²) in [4.78, 5) is 6.34. The van der Waals surface area contributed by atoms with Crippen LogP contribution in [-0.2, 0) is 10.0 Å². The third-order valence-corrected chi connectivity index (χ3v) is 6.21. The summed E-state index contributed by atoms with van der Waals surface area (Å²) in [5.74, 6) is -0.307. The van der Waals surface area contributed by atoms with Gasteiger partial charge < -0.3 is 4.90 Å². The number of pyridine rings is 1. The molecule has 26 heavy (non-hydrogen) atoms. The van der Waals surface area contributed by atoms with Gasteiger partial charge >= 0.3 is 0 Å². The molecule has 1 fully saturated rings. The lowest BCUT2D eigenvalue weighted by Gasteiger charge is -2.34. The Balaban J connectivity index is 1.93. The third kappa shape index (κ3) is 3.64. The average molecular weight is 376 g/mol. The fourth-order valence-electron chi connectivity index (χ4n) is 3.40. The molecule has 0 atom stereocenters. The van der Waals surface area contributed by atoms with E-state index in [1.165, 1.54) is 18.3 Å². The van der Waals surface area contributed by atoms with Gasteiger partial charge in [-0.05, 0) is 44.4 Å². The average Bonchev–Trinajstić information content (AvgIpc) is 2.61. The van der Waals surface area contributed by atoms with Crippen LogP contribution in [0.1, 0.15) is 30.9 Å². The minimum atomic E-state index is -3.24. The molecular formula is C18H21FN4O2S. The van der Waals surface area contributed by atoms with E-state index in [1.54, 1.807) is 13.8 Å². The summed E-state index contributed by atoms with van der Waals surface area (Å²) in [6.45, 7) is 4.57. The monoisotopic (exact) mass is 376 g/mol. The first-order valence-electron chi connectivity index (χ1n) is 8.58. The maximum atomic E-state index is 14.0. The molecular weight excluding hydrogens is 355 g/mol. The van der Waals surface area contributed by atoms with Crippen molar-refractivity contribution in [3.8, 4) is 6.07 Å². The number of piperidine rings is 1. The molecule has 1 aliphatic heterocycles. The zero-order valence-electron chi connectivity index (χ0n) is 14.8. The van der Waals surface area contributed by atoms with Gasteiger partial charge in [0.15, 0.2) is 0 Å². The molecule has 2 heterocycles. The van der Waals surface area contributed by atoms with Crippen LogP contribution in [0.5, 0.6) is 0 Å². The van der Waals surface area contributed by atoms with E-state index in [-0.39, 0.29) is 17.6 Å². The number of hydrogen-bond donors (Lipinski definition) is 1. The molecule has 1 N–H and O–H groups in total. The van der Waals surface area contributed by atoms with E-state index in [2.05, 4.69) is 15.8 Å². The molecule has 6 nitrogen and oxygen atoms in total. The van der Waals surface area contributed by atoms with Crippen LogP contribution in [0, 0.1) is 24.1 Å². The van der Waals surface area contributed by atoms with Crippen LogP contribution in [0.2, 0.25) is 0 Å². The maximum Gasteiger partial charge on any atom is 0.211 e. The van der Waals surface area contributed by atoms with Gasteiger partial charge in [0.2, 0.25) is 10.0 Å². The van der Waals surface area contributed by atoms with Gasteiger partial charge in [-0.1, -0.05) is 0 Å². The van der Waals surface area contributed by atoms with Crippen molar-refractivity contribution in [3.05, 3.63) is 35.3 Å². The number of fused-ring (bicyclic) bond motifs is 1. The zero-order chi connectivity index (χ0) is 18.9. The molecule has 1 saturated heterocycles. The summed E-state index contributed by atoms with van der Waals surface area (Å²) in [6, 6.07) is 4.87. The van der Waals surface area contributed by atoms with Gasteiger partial charge in [0, 0.05) is 30.7 Å². The highest BCUT2D eigenvalue weighted by atomic mass is 32.2. The Morgan fingerprint density at radius 1 is 1.38 bits per heavy atom. The first-order valence-corrected chi connectivity index (χ1v) is 10.2. The molecule has 0 amide bonds. The largest absolute Gasteiger partial charge is 0.370 e. The molecule has 0 aliphatic carbocycles. The predicted molar refractivity (Wildman–Crippen MR) is 99.0 cm³/mol. The number of sulfonamides is 1. The highest BCUT2D eigenvalue weighted by Gasteiger charge is 2.25. The summed E-state index contributed by atoms with van der Waals surface area (Å²) < 4.78 is 40.2. The molecule has 0 bridgehead atoms. The maximum absolute atomic E-state index is 14.0. The van der Waals surface area contributed by atoms with Gasteiger partial charge in [0.25, 0.3) is 0 Å². The Morgan fingerprint density at radius 3 is 2.69 bits per heavy atom. The fraction of sp³-hybridized carbons (Fsp3) is 0.444. The zero-order valence-corrected chi connectivity index (χ0v) is 15.6. The van der Waals surface area contributed by atoms with E-state index in [4.69, 9.17) is 0 Å². The second-order valence-electron chi connectivity index (χ2n) is 6.53. The van der Waals surface area contributed by atoms with Crippen molar-refractivity contribution in [2.45, 2.75) is 32.7 Å².